The van der Waals surface area contributed by atoms with Crippen LogP contribution in [-0.2, 0) is 5.88 Å². The van der Waals surface area contributed by atoms with Crippen LogP contribution >= 0.6 is 11.6 Å². The summed E-state index contributed by atoms with van der Waals surface area (Å²) in [5.41, 5.74) is 2.48. The van der Waals surface area contributed by atoms with Gasteiger partial charge in [-0.2, -0.15) is 5.26 Å². The highest BCUT2D eigenvalue weighted by molar-refractivity contribution is 6.16. The molecule has 21 heavy (non-hydrogen) atoms. The molecule has 3 rings (SSSR count). The number of hydrogen-bond acceptors (Lipinski definition) is 2. The first-order chi connectivity index (χ1) is 10.2. The van der Waals surface area contributed by atoms with E-state index < -0.39 is 0 Å². The molecule has 0 amide bonds. The lowest BCUT2D eigenvalue weighted by Gasteiger charge is -2.33. The zero-order valence-corrected chi connectivity index (χ0v) is 13.3. The Morgan fingerprint density at radius 2 is 2.14 bits per heavy atom. The average molecular weight is 302 g/mol. The molecule has 0 bridgehead atoms. The van der Waals surface area contributed by atoms with Crippen molar-refractivity contribution >= 4 is 22.6 Å². The summed E-state index contributed by atoms with van der Waals surface area (Å²) in [6.45, 7) is 4.67. The van der Waals surface area contributed by atoms with Crippen molar-refractivity contribution in [2.75, 3.05) is 0 Å². The lowest BCUT2D eigenvalue weighted by molar-refractivity contribution is 0.211. The normalized spacial score (nSPS) is 25.9. The quantitative estimate of drug-likeness (QED) is 0.758. The molecule has 0 radical (unpaired) electrons. The molecule has 110 valence electrons. The Kier molecular flexibility index (Phi) is 3.91. The second kappa shape index (κ2) is 5.69. The van der Waals surface area contributed by atoms with Gasteiger partial charge in [-0.05, 0) is 43.2 Å². The molecule has 1 aliphatic carbocycles. The fourth-order valence-corrected chi connectivity index (χ4v) is 3.70. The van der Waals surface area contributed by atoms with Gasteiger partial charge in [0.15, 0.2) is 0 Å². The summed E-state index contributed by atoms with van der Waals surface area (Å²) in [5.74, 6) is 2.77. The summed E-state index contributed by atoms with van der Waals surface area (Å²) < 4.78 is 2.28. The van der Waals surface area contributed by atoms with Gasteiger partial charge in [-0.15, -0.1) is 11.6 Å². The zero-order valence-electron chi connectivity index (χ0n) is 12.5. The molecule has 1 saturated carbocycles. The van der Waals surface area contributed by atoms with Gasteiger partial charge in [0, 0.05) is 6.04 Å². The number of benzene rings is 1. The van der Waals surface area contributed by atoms with E-state index in [0.717, 1.165) is 35.6 Å². The van der Waals surface area contributed by atoms with E-state index in [9.17, 15) is 5.26 Å². The summed E-state index contributed by atoms with van der Waals surface area (Å²) in [4.78, 5) is 4.63. The third kappa shape index (κ3) is 2.42. The number of nitriles is 1. The lowest BCUT2D eigenvalue weighted by Crippen LogP contribution is -2.24. The third-order valence-electron chi connectivity index (χ3n) is 4.97. The highest BCUT2D eigenvalue weighted by Gasteiger charge is 2.28. The minimum atomic E-state index is 0.389. The number of rotatable bonds is 2. The lowest BCUT2D eigenvalue weighted by atomic mass is 9.79. The second-order valence-electron chi connectivity index (χ2n) is 6.24. The highest BCUT2D eigenvalue weighted by atomic mass is 35.5. The maximum absolute atomic E-state index is 9.26. The van der Waals surface area contributed by atoms with Crippen LogP contribution in [0, 0.1) is 23.2 Å². The maximum atomic E-state index is 9.26. The number of alkyl halides is 1. The molecule has 4 heteroatoms. The molecule has 0 spiro atoms. The minimum absolute atomic E-state index is 0.389. The van der Waals surface area contributed by atoms with Gasteiger partial charge < -0.3 is 4.57 Å². The minimum Gasteiger partial charge on any atom is -0.324 e. The smallest absolute Gasteiger partial charge is 0.125 e. The molecule has 2 aromatic rings. The van der Waals surface area contributed by atoms with Crippen LogP contribution in [0.1, 0.15) is 50.5 Å². The van der Waals surface area contributed by atoms with E-state index >= 15 is 0 Å². The summed E-state index contributed by atoms with van der Waals surface area (Å²) >= 11 is 6.12. The average Bonchev–Trinajstić information content (AvgIpc) is 2.88. The van der Waals surface area contributed by atoms with Crippen molar-refractivity contribution in [1.82, 2.24) is 9.55 Å². The molecule has 1 heterocycles. The monoisotopic (exact) mass is 301 g/mol. The first-order valence-electron chi connectivity index (χ1n) is 7.61. The van der Waals surface area contributed by atoms with E-state index in [1.165, 1.54) is 6.42 Å². The molecule has 1 aliphatic rings. The van der Waals surface area contributed by atoms with E-state index in [1.54, 1.807) is 0 Å². The van der Waals surface area contributed by atoms with E-state index in [1.807, 2.05) is 12.1 Å². The van der Waals surface area contributed by atoms with Gasteiger partial charge in [-0.1, -0.05) is 19.9 Å². The highest BCUT2D eigenvalue weighted by Crippen LogP contribution is 2.38. The van der Waals surface area contributed by atoms with Crippen LogP contribution in [-0.4, -0.2) is 9.55 Å². The summed E-state index contributed by atoms with van der Waals surface area (Å²) in [7, 11) is 0. The number of fused-ring (bicyclic) bond motifs is 1. The number of para-hydroxylation sites is 1. The maximum Gasteiger partial charge on any atom is 0.125 e. The van der Waals surface area contributed by atoms with Gasteiger partial charge >= 0.3 is 0 Å². The van der Waals surface area contributed by atoms with E-state index in [0.29, 0.717) is 23.4 Å². The van der Waals surface area contributed by atoms with Crippen LogP contribution < -0.4 is 0 Å². The van der Waals surface area contributed by atoms with Crippen LogP contribution in [0.5, 0.6) is 0 Å². The molecular formula is C17H20ClN3. The van der Waals surface area contributed by atoms with Crippen LogP contribution in [0.25, 0.3) is 11.0 Å². The molecule has 0 N–H and O–H groups in total. The summed E-state index contributed by atoms with van der Waals surface area (Å²) in [5, 5.41) is 9.26. The Balaban J connectivity index is 2.11. The van der Waals surface area contributed by atoms with Crippen LogP contribution in [0.2, 0.25) is 0 Å². The Bertz CT molecular complexity index is 698. The van der Waals surface area contributed by atoms with Gasteiger partial charge in [0.2, 0.25) is 0 Å². The van der Waals surface area contributed by atoms with Crippen molar-refractivity contribution in [2.24, 2.45) is 11.8 Å². The first kappa shape index (κ1) is 14.4. The zero-order chi connectivity index (χ0) is 15.0. The molecule has 3 unspecified atom stereocenters. The van der Waals surface area contributed by atoms with Gasteiger partial charge in [0.25, 0.3) is 0 Å². The molecule has 1 fully saturated rings. The SMILES string of the molecule is CC1CCC(n2c(CCl)nc3c(C#N)cccc32)CC1C. The van der Waals surface area contributed by atoms with E-state index in [4.69, 9.17) is 11.6 Å². The third-order valence-corrected chi connectivity index (χ3v) is 5.21. The van der Waals surface area contributed by atoms with Crippen molar-refractivity contribution in [1.29, 1.82) is 5.26 Å². The van der Waals surface area contributed by atoms with E-state index in [2.05, 4.69) is 35.5 Å². The Morgan fingerprint density at radius 3 is 2.81 bits per heavy atom. The van der Waals surface area contributed by atoms with Crippen molar-refractivity contribution in [3.8, 4) is 6.07 Å². The van der Waals surface area contributed by atoms with Gasteiger partial charge in [-0.3, -0.25) is 0 Å². The molecule has 3 atom stereocenters. The van der Waals surface area contributed by atoms with Crippen molar-refractivity contribution in [2.45, 2.75) is 45.0 Å². The standard InChI is InChI=1S/C17H20ClN3/c1-11-6-7-14(8-12(11)2)21-15-5-3-4-13(10-19)17(15)20-16(21)9-18/h3-5,11-12,14H,6-9H2,1-2H3. The topological polar surface area (TPSA) is 41.6 Å². The summed E-state index contributed by atoms with van der Waals surface area (Å²) in [6.07, 6.45) is 3.57. The summed E-state index contributed by atoms with van der Waals surface area (Å²) in [6, 6.07) is 8.50. The number of aromatic nitrogens is 2. The van der Waals surface area contributed by atoms with Crippen LogP contribution in [0.4, 0.5) is 0 Å². The van der Waals surface area contributed by atoms with Gasteiger partial charge in [0.1, 0.15) is 17.4 Å². The molecule has 1 aromatic heterocycles. The predicted octanol–water partition coefficient (Wildman–Crippen LogP) is 4.64. The fourth-order valence-electron chi connectivity index (χ4n) is 3.51. The largest absolute Gasteiger partial charge is 0.324 e. The number of nitrogens with zero attached hydrogens (tertiary/aromatic N) is 3. The first-order valence-corrected chi connectivity index (χ1v) is 8.15. The fraction of sp³-hybridized carbons (Fsp3) is 0.529. The Morgan fingerprint density at radius 1 is 1.33 bits per heavy atom. The van der Waals surface area contributed by atoms with Crippen molar-refractivity contribution < 1.29 is 0 Å². The predicted molar refractivity (Wildman–Crippen MR) is 85.2 cm³/mol. The van der Waals surface area contributed by atoms with Crippen molar-refractivity contribution in [3.05, 3.63) is 29.6 Å². The number of imidazole rings is 1. The van der Waals surface area contributed by atoms with Crippen LogP contribution in [0.15, 0.2) is 18.2 Å². The van der Waals surface area contributed by atoms with E-state index in [-0.39, 0.29) is 0 Å². The van der Waals surface area contributed by atoms with Crippen molar-refractivity contribution in [3.63, 3.8) is 0 Å². The number of halogens is 1. The Hall–Kier alpha value is -1.53. The molecular weight excluding hydrogens is 282 g/mol. The van der Waals surface area contributed by atoms with Gasteiger partial charge in [-0.25, -0.2) is 4.98 Å². The number of hydrogen-bond donors (Lipinski definition) is 0. The Labute approximate surface area is 130 Å². The molecule has 3 nitrogen and oxygen atoms in total. The molecule has 0 aliphatic heterocycles. The van der Waals surface area contributed by atoms with Gasteiger partial charge in [0.05, 0.1) is 17.0 Å². The molecule has 1 aromatic carbocycles. The van der Waals surface area contributed by atoms with Crippen LogP contribution in [0.3, 0.4) is 0 Å². The molecule has 0 saturated heterocycles. The second-order valence-corrected chi connectivity index (χ2v) is 6.51.